The van der Waals surface area contributed by atoms with Crippen molar-refractivity contribution in [2.75, 3.05) is 33.3 Å². The van der Waals surface area contributed by atoms with E-state index < -0.39 is 11.8 Å². The van der Waals surface area contributed by atoms with Crippen molar-refractivity contribution in [1.82, 2.24) is 9.80 Å². The average Bonchev–Trinajstić information content (AvgIpc) is 2.53. The number of primary amides is 1. The predicted octanol–water partition coefficient (Wildman–Crippen LogP) is -0.535. The molecule has 1 heterocycles. The van der Waals surface area contributed by atoms with Crippen LogP contribution in [0, 0.1) is 0 Å². The van der Waals surface area contributed by atoms with Crippen LogP contribution in [0.5, 0.6) is 5.75 Å². The summed E-state index contributed by atoms with van der Waals surface area (Å²) in [6.07, 6.45) is 0. The van der Waals surface area contributed by atoms with Crippen molar-refractivity contribution in [2.45, 2.75) is 0 Å². The lowest BCUT2D eigenvalue weighted by Gasteiger charge is -2.34. The van der Waals surface area contributed by atoms with Crippen molar-refractivity contribution in [1.29, 1.82) is 0 Å². The third kappa shape index (κ3) is 3.13. The average molecular weight is 291 g/mol. The molecular formula is C14H17N3O4. The highest BCUT2D eigenvalue weighted by Crippen LogP contribution is 2.20. The molecule has 0 aliphatic carbocycles. The minimum atomic E-state index is -0.973. The largest absolute Gasteiger partial charge is 0.496 e. The van der Waals surface area contributed by atoms with Gasteiger partial charge in [0.15, 0.2) is 0 Å². The van der Waals surface area contributed by atoms with Gasteiger partial charge in [-0.15, -0.1) is 0 Å². The molecule has 0 unspecified atom stereocenters. The molecule has 3 amide bonds. The van der Waals surface area contributed by atoms with Gasteiger partial charge >= 0.3 is 11.8 Å². The fourth-order valence-corrected chi connectivity index (χ4v) is 2.26. The summed E-state index contributed by atoms with van der Waals surface area (Å²) in [6.45, 7) is 1.30. The molecule has 0 radical (unpaired) electrons. The number of carbonyl (C=O) groups is 3. The normalized spacial score (nSPS) is 14.7. The number of hydrogen-bond acceptors (Lipinski definition) is 4. The van der Waals surface area contributed by atoms with E-state index in [1.54, 1.807) is 29.2 Å². The Kier molecular flexibility index (Phi) is 4.42. The Morgan fingerprint density at radius 1 is 1.05 bits per heavy atom. The molecule has 7 nitrogen and oxygen atoms in total. The van der Waals surface area contributed by atoms with E-state index in [9.17, 15) is 14.4 Å². The lowest BCUT2D eigenvalue weighted by atomic mass is 10.1. The van der Waals surface area contributed by atoms with Gasteiger partial charge in [0, 0.05) is 26.2 Å². The van der Waals surface area contributed by atoms with Gasteiger partial charge in [0.25, 0.3) is 5.91 Å². The molecule has 21 heavy (non-hydrogen) atoms. The second-order valence-corrected chi connectivity index (χ2v) is 4.65. The Morgan fingerprint density at radius 3 is 2.19 bits per heavy atom. The summed E-state index contributed by atoms with van der Waals surface area (Å²) >= 11 is 0. The highest BCUT2D eigenvalue weighted by Gasteiger charge is 2.27. The smallest absolute Gasteiger partial charge is 0.311 e. The highest BCUT2D eigenvalue weighted by molar-refractivity contribution is 6.34. The number of ether oxygens (including phenoxy) is 1. The second kappa shape index (κ2) is 6.25. The van der Waals surface area contributed by atoms with Crippen molar-refractivity contribution in [3.63, 3.8) is 0 Å². The van der Waals surface area contributed by atoms with Crippen LogP contribution in [-0.4, -0.2) is 60.8 Å². The molecule has 1 saturated heterocycles. The zero-order chi connectivity index (χ0) is 15.4. The molecule has 1 aliphatic rings. The zero-order valence-corrected chi connectivity index (χ0v) is 11.7. The van der Waals surface area contributed by atoms with Gasteiger partial charge in [-0.25, -0.2) is 0 Å². The molecule has 0 atom stereocenters. The maximum atomic E-state index is 12.4. The van der Waals surface area contributed by atoms with Crippen molar-refractivity contribution >= 4 is 17.7 Å². The Bertz CT molecular complexity index is 565. The van der Waals surface area contributed by atoms with E-state index in [1.807, 2.05) is 0 Å². The molecule has 1 aliphatic heterocycles. The molecule has 0 aromatic heterocycles. The van der Waals surface area contributed by atoms with Crippen LogP contribution in [0.4, 0.5) is 0 Å². The third-order valence-corrected chi connectivity index (χ3v) is 3.40. The van der Waals surface area contributed by atoms with E-state index in [0.29, 0.717) is 37.5 Å². The van der Waals surface area contributed by atoms with E-state index >= 15 is 0 Å². The van der Waals surface area contributed by atoms with Crippen LogP contribution in [0.25, 0.3) is 0 Å². The first-order chi connectivity index (χ1) is 10.0. The van der Waals surface area contributed by atoms with Crippen molar-refractivity contribution < 1.29 is 19.1 Å². The first kappa shape index (κ1) is 14.8. The summed E-state index contributed by atoms with van der Waals surface area (Å²) in [7, 11) is 1.51. The Hall–Kier alpha value is -2.57. The maximum absolute atomic E-state index is 12.4. The van der Waals surface area contributed by atoms with Gasteiger partial charge in [-0.2, -0.15) is 0 Å². The van der Waals surface area contributed by atoms with E-state index in [1.165, 1.54) is 12.0 Å². The van der Waals surface area contributed by atoms with Gasteiger partial charge < -0.3 is 20.3 Å². The number of carbonyl (C=O) groups excluding carboxylic acids is 3. The van der Waals surface area contributed by atoms with E-state index in [2.05, 4.69) is 0 Å². The van der Waals surface area contributed by atoms with Crippen molar-refractivity contribution in [3.8, 4) is 5.75 Å². The van der Waals surface area contributed by atoms with E-state index in [-0.39, 0.29) is 5.91 Å². The Morgan fingerprint density at radius 2 is 1.62 bits per heavy atom. The fourth-order valence-electron chi connectivity index (χ4n) is 2.26. The van der Waals surface area contributed by atoms with Gasteiger partial charge in [0.1, 0.15) is 5.75 Å². The number of rotatable bonds is 2. The fraction of sp³-hybridized carbons (Fsp3) is 0.357. The van der Waals surface area contributed by atoms with Crippen LogP contribution in [0.3, 0.4) is 0 Å². The van der Waals surface area contributed by atoms with Gasteiger partial charge in [-0.1, -0.05) is 12.1 Å². The first-order valence-corrected chi connectivity index (χ1v) is 6.55. The number of nitrogens with two attached hydrogens (primary N) is 1. The zero-order valence-electron chi connectivity index (χ0n) is 11.7. The van der Waals surface area contributed by atoms with Crippen molar-refractivity contribution in [2.24, 2.45) is 5.73 Å². The van der Waals surface area contributed by atoms with Crippen LogP contribution >= 0.6 is 0 Å². The SMILES string of the molecule is COc1ccccc1C(=O)N1CCN(C(=O)C(N)=O)CC1. The highest BCUT2D eigenvalue weighted by atomic mass is 16.5. The second-order valence-electron chi connectivity index (χ2n) is 4.65. The Balaban J connectivity index is 2.03. The summed E-state index contributed by atoms with van der Waals surface area (Å²) in [4.78, 5) is 37.7. The summed E-state index contributed by atoms with van der Waals surface area (Å²) in [5.41, 5.74) is 5.44. The molecule has 1 aromatic carbocycles. The quantitative estimate of drug-likeness (QED) is 0.741. The minimum absolute atomic E-state index is 0.154. The molecule has 1 aromatic rings. The van der Waals surface area contributed by atoms with E-state index in [0.717, 1.165) is 0 Å². The monoisotopic (exact) mass is 291 g/mol. The lowest BCUT2D eigenvalue weighted by Crippen LogP contribution is -2.53. The molecule has 1 fully saturated rings. The topological polar surface area (TPSA) is 92.9 Å². The summed E-state index contributed by atoms with van der Waals surface area (Å²) < 4.78 is 5.17. The molecule has 0 saturated carbocycles. The molecular weight excluding hydrogens is 274 g/mol. The number of piperazine rings is 1. The van der Waals surface area contributed by atoms with Crippen LogP contribution in [0.2, 0.25) is 0 Å². The van der Waals surface area contributed by atoms with Gasteiger partial charge in [-0.05, 0) is 12.1 Å². The van der Waals surface area contributed by atoms with Gasteiger partial charge in [0.05, 0.1) is 12.7 Å². The minimum Gasteiger partial charge on any atom is -0.496 e. The molecule has 2 rings (SSSR count). The van der Waals surface area contributed by atoms with Crippen LogP contribution < -0.4 is 10.5 Å². The lowest BCUT2D eigenvalue weighted by molar-refractivity contribution is -0.145. The molecule has 0 spiro atoms. The molecule has 2 N–H and O–H groups in total. The summed E-state index contributed by atoms with van der Waals surface area (Å²) in [5.74, 6) is -1.32. The summed E-state index contributed by atoms with van der Waals surface area (Å²) in [5, 5.41) is 0. The van der Waals surface area contributed by atoms with Crippen LogP contribution in [0.1, 0.15) is 10.4 Å². The molecule has 112 valence electrons. The number of para-hydroxylation sites is 1. The number of methoxy groups -OCH3 is 1. The first-order valence-electron chi connectivity index (χ1n) is 6.55. The van der Waals surface area contributed by atoms with Crippen LogP contribution in [0.15, 0.2) is 24.3 Å². The number of nitrogens with zero attached hydrogens (tertiary/aromatic N) is 2. The third-order valence-electron chi connectivity index (χ3n) is 3.40. The van der Waals surface area contributed by atoms with Gasteiger partial charge in [-0.3, -0.25) is 14.4 Å². The van der Waals surface area contributed by atoms with Gasteiger partial charge in [0.2, 0.25) is 0 Å². The standard InChI is InChI=1S/C14H17N3O4/c1-21-11-5-3-2-4-10(11)13(19)16-6-8-17(9-7-16)14(20)12(15)18/h2-5H,6-9H2,1H3,(H2,15,18). The Labute approximate surface area is 122 Å². The predicted molar refractivity (Wildman–Crippen MR) is 74.7 cm³/mol. The van der Waals surface area contributed by atoms with Crippen molar-refractivity contribution in [3.05, 3.63) is 29.8 Å². The molecule has 0 bridgehead atoms. The molecule has 7 heteroatoms. The maximum Gasteiger partial charge on any atom is 0.311 e. The van der Waals surface area contributed by atoms with Crippen LogP contribution in [-0.2, 0) is 9.59 Å². The number of hydrogen-bond donors (Lipinski definition) is 1. The van der Waals surface area contributed by atoms with E-state index in [4.69, 9.17) is 10.5 Å². The summed E-state index contributed by atoms with van der Waals surface area (Å²) in [6, 6.07) is 6.98. The number of amides is 3. The number of benzene rings is 1.